The van der Waals surface area contributed by atoms with Crippen LogP contribution in [0, 0.1) is 6.92 Å². The van der Waals surface area contributed by atoms with Crippen LogP contribution in [-0.4, -0.2) is 10.9 Å². The Morgan fingerprint density at radius 1 is 1.22 bits per heavy atom. The summed E-state index contributed by atoms with van der Waals surface area (Å²) in [5, 5.41) is 3.09. The molecule has 1 aromatic carbocycles. The molecule has 0 saturated carbocycles. The van der Waals surface area contributed by atoms with Crippen LogP contribution in [0.1, 0.15) is 21.7 Å². The molecule has 0 spiro atoms. The van der Waals surface area contributed by atoms with E-state index in [-0.39, 0.29) is 5.52 Å². The maximum absolute atomic E-state index is 12.7. The van der Waals surface area contributed by atoms with Crippen molar-refractivity contribution in [2.24, 2.45) is 0 Å². The van der Waals surface area contributed by atoms with Crippen molar-refractivity contribution in [3.05, 3.63) is 59.7 Å². The predicted molar refractivity (Wildman–Crippen MR) is 78.1 cm³/mol. The number of furan rings is 1. The molecule has 2 aromatic heterocycles. The van der Waals surface area contributed by atoms with Gasteiger partial charge in [-0.2, -0.15) is 13.2 Å². The van der Waals surface area contributed by atoms with Crippen LogP contribution in [0.15, 0.2) is 47.2 Å². The number of nitrogens with zero attached hydrogens (tertiary/aromatic N) is 1. The Hall–Kier alpha value is -2.83. The van der Waals surface area contributed by atoms with Crippen LogP contribution in [0.2, 0.25) is 0 Å². The highest BCUT2D eigenvalue weighted by Crippen LogP contribution is 2.32. The molecule has 23 heavy (non-hydrogen) atoms. The van der Waals surface area contributed by atoms with E-state index < -0.39 is 17.6 Å². The van der Waals surface area contributed by atoms with Crippen LogP contribution in [0.5, 0.6) is 0 Å². The molecule has 0 aliphatic heterocycles. The van der Waals surface area contributed by atoms with Gasteiger partial charge in [0, 0.05) is 11.6 Å². The van der Waals surface area contributed by atoms with Crippen LogP contribution >= 0.6 is 0 Å². The third kappa shape index (κ3) is 2.90. The minimum Gasteiger partial charge on any atom is -0.469 e. The smallest absolute Gasteiger partial charge is 0.416 e. The Kier molecular flexibility index (Phi) is 3.55. The van der Waals surface area contributed by atoms with Crippen molar-refractivity contribution in [3.63, 3.8) is 0 Å². The maximum atomic E-state index is 12.7. The quantitative estimate of drug-likeness (QED) is 0.761. The average Bonchev–Trinajstić information content (AvgIpc) is 2.92. The summed E-state index contributed by atoms with van der Waals surface area (Å²) in [4.78, 5) is 16.1. The monoisotopic (exact) mass is 320 g/mol. The van der Waals surface area contributed by atoms with Crippen LogP contribution in [0.4, 0.5) is 18.9 Å². The van der Waals surface area contributed by atoms with E-state index in [9.17, 15) is 18.0 Å². The lowest BCUT2D eigenvalue weighted by atomic mass is 10.1. The first kappa shape index (κ1) is 15.1. The maximum Gasteiger partial charge on any atom is 0.416 e. The third-order valence-electron chi connectivity index (χ3n) is 3.42. The number of rotatable bonds is 2. The number of halogens is 3. The highest BCUT2D eigenvalue weighted by molar-refractivity contribution is 6.09. The van der Waals surface area contributed by atoms with E-state index in [4.69, 9.17) is 4.42 Å². The van der Waals surface area contributed by atoms with Gasteiger partial charge in [-0.15, -0.1) is 0 Å². The van der Waals surface area contributed by atoms with E-state index in [0.29, 0.717) is 22.4 Å². The molecule has 1 N–H and O–H groups in total. The Morgan fingerprint density at radius 3 is 2.65 bits per heavy atom. The van der Waals surface area contributed by atoms with Gasteiger partial charge >= 0.3 is 6.18 Å². The van der Waals surface area contributed by atoms with Crippen LogP contribution in [0.3, 0.4) is 0 Å². The predicted octanol–water partition coefficient (Wildman–Crippen LogP) is 4.41. The largest absolute Gasteiger partial charge is 0.469 e. The fraction of sp³-hybridized carbons (Fsp3) is 0.125. The number of anilines is 1. The van der Waals surface area contributed by atoms with Crippen molar-refractivity contribution in [1.82, 2.24) is 4.98 Å². The van der Waals surface area contributed by atoms with E-state index in [0.717, 1.165) is 12.1 Å². The number of aryl methyl sites for hydroxylation is 1. The molecule has 0 fully saturated rings. The van der Waals surface area contributed by atoms with Gasteiger partial charge in [-0.25, -0.2) is 0 Å². The van der Waals surface area contributed by atoms with Gasteiger partial charge in [0.2, 0.25) is 0 Å². The summed E-state index contributed by atoms with van der Waals surface area (Å²) in [6.45, 7) is 1.65. The number of amides is 1. The molecule has 0 aliphatic carbocycles. The minimum atomic E-state index is -4.44. The zero-order chi connectivity index (χ0) is 16.6. The first-order valence-electron chi connectivity index (χ1n) is 6.67. The summed E-state index contributed by atoms with van der Waals surface area (Å²) in [6, 6.07) is 6.26. The number of alkyl halides is 3. The lowest BCUT2D eigenvalue weighted by Crippen LogP contribution is -2.12. The van der Waals surface area contributed by atoms with Gasteiger partial charge in [-0.3, -0.25) is 9.78 Å². The van der Waals surface area contributed by atoms with Gasteiger partial charge in [0.25, 0.3) is 5.91 Å². The highest BCUT2D eigenvalue weighted by atomic mass is 19.4. The standard InChI is InChI=1S/C16H11F3N2O2/c1-9-11(5-7-23-9)15(22)21-13-4-6-20-14-8-10(16(17,18)19)2-3-12(13)14/h2-8H,1H3,(H,20,21,22). The molecular weight excluding hydrogens is 309 g/mol. The van der Waals surface area contributed by atoms with E-state index in [1.54, 1.807) is 6.92 Å². The van der Waals surface area contributed by atoms with Crippen molar-refractivity contribution in [2.45, 2.75) is 13.1 Å². The normalized spacial score (nSPS) is 11.7. The molecule has 0 bridgehead atoms. The Morgan fingerprint density at radius 2 is 2.00 bits per heavy atom. The van der Waals surface area contributed by atoms with Crippen molar-refractivity contribution in [1.29, 1.82) is 0 Å². The van der Waals surface area contributed by atoms with Gasteiger partial charge in [0.05, 0.1) is 28.6 Å². The van der Waals surface area contributed by atoms with Crippen molar-refractivity contribution >= 4 is 22.5 Å². The molecule has 7 heteroatoms. The number of hydrogen-bond donors (Lipinski definition) is 1. The van der Waals surface area contributed by atoms with Crippen molar-refractivity contribution in [2.75, 3.05) is 5.32 Å². The SMILES string of the molecule is Cc1occc1C(=O)Nc1ccnc2cc(C(F)(F)F)ccc12. The summed E-state index contributed by atoms with van der Waals surface area (Å²) < 4.78 is 43.3. The average molecular weight is 320 g/mol. The summed E-state index contributed by atoms with van der Waals surface area (Å²) in [5.41, 5.74) is 0.115. The molecular formula is C16H11F3N2O2. The van der Waals surface area contributed by atoms with E-state index >= 15 is 0 Å². The topological polar surface area (TPSA) is 55.1 Å². The summed E-state index contributed by atoms with van der Waals surface area (Å²) in [6.07, 6.45) is -1.70. The van der Waals surface area contributed by atoms with Crippen molar-refractivity contribution in [3.8, 4) is 0 Å². The molecule has 2 heterocycles. The first-order chi connectivity index (χ1) is 10.9. The van der Waals surface area contributed by atoms with Crippen molar-refractivity contribution < 1.29 is 22.4 Å². The summed E-state index contributed by atoms with van der Waals surface area (Å²) in [5.74, 6) is 0.0591. The molecule has 0 unspecified atom stereocenters. The number of hydrogen-bond acceptors (Lipinski definition) is 3. The number of carbonyl (C=O) groups excluding carboxylic acids is 1. The third-order valence-corrected chi connectivity index (χ3v) is 3.42. The number of fused-ring (bicyclic) bond motifs is 1. The van der Waals surface area contributed by atoms with E-state index in [2.05, 4.69) is 10.3 Å². The van der Waals surface area contributed by atoms with E-state index in [1.807, 2.05) is 0 Å². The number of nitrogens with one attached hydrogen (secondary N) is 1. The lowest BCUT2D eigenvalue weighted by Gasteiger charge is -2.10. The molecule has 118 valence electrons. The second-order valence-corrected chi connectivity index (χ2v) is 4.93. The Labute approximate surface area is 128 Å². The second-order valence-electron chi connectivity index (χ2n) is 4.93. The molecule has 3 aromatic rings. The van der Waals surface area contributed by atoms with Gasteiger partial charge in [-0.1, -0.05) is 6.07 Å². The van der Waals surface area contributed by atoms with Gasteiger partial charge in [-0.05, 0) is 31.2 Å². The second kappa shape index (κ2) is 5.42. The van der Waals surface area contributed by atoms with E-state index in [1.165, 1.54) is 30.7 Å². The number of carbonyl (C=O) groups is 1. The number of aromatic nitrogens is 1. The fourth-order valence-electron chi connectivity index (χ4n) is 2.24. The van der Waals surface area contributed by atoms with Gasteiger partial charge < -0.3 is 9.73 Å². The summed E-state index contributed by atoms with van der Waals surface area (Å²) >= 11 is 0. The van der Waals surface area contributed by atoms with Crippen LogP contribution in [-0.2, 0) is 6.18 Å². The lowest BCUT2D eigenvalue weighted by molar-refractivity contribution is -0.137. The van der Waals surface area contributed by atoms with Crippen LogP contribution in [0.25, 0.3) is 10.9 Å². The molecule has 0 saturated heterocycles. The first-order valence-corrected chi connectivity index (χ1v) is 6.67. The highest BCUT2D eigenvalue weighted by Gasteiger charge is 2.30. The zero-order valence-electron chi connectivity index (χ0n) is 11.9. The molecule has 4 nitrogen and oxygen atoms in total. The minimum absolute atomic E-state index is 0.154. The zero-order valence-corrected chi connectivity index (χ0v) is 11.9. The molecule has 3 rings (SSSR count). The fourth-order valence-corrected chi connectivity index (χ4v) is 2.24. The van der Waals surface area contributed by atoms with Crippen LogP contribution < -0.4 is 5.32 Å². The molecule has 0 aliphatic rings. The summed E-state index contributed by atoms with van der Waals surface area (Å²) in [7, 11) is 0. The van der Waals surface area contributed by atoms with Gasteiger partial charge in [0.15, 0.2) is 0 Å². The molecule has 0 radical (unpaired) electrons. The Balaban J connectivity index is 1.99. The number of pyridine rings is 1. The Bertz CT molecular complexity index is 884. The van der Waals surface area contributed by atoms with Gasteiger partial charge in [0.1, 0.15) is 5.76 Å². The number of benzene rings is 1. The molecule has 0 atom stereocenters. The molecule has 1 amide bonds.